The van der Waals surface area contributed by atoms with E-state index in [2.05, 4.69) is 10.4 Å². The van der Waals surface area contributed by atoms with Gasteiger partial charge in [-0.15, -0.1) is 11.3 Å². The molecule has 0 bridgehead atoms. The molecule has 0 aliphatic carbocycles. The van der Waals surface area contributed by atoms with Gasteiger partial charge in [0, 0.05) is 29.9 Å². The molecule has 3 aromatic heterocycles. The van der Waals surface area contributed by atoms with Gasteiger partial charge < -0.3 is 9.73 Å². The first-order valence-corrected chi connectivity index (χ1v) is 7.73. The molecule has 3 aromatic rings. The second kappa shape index (κ2) is 6.91. The van der Waals surface area contributed by atoms with Crippen molar-refractivity contribution in [3.8, 4) is 0 Å². The summed E-state index contributed by atoms with van der Waals surface area (Å²) >= 11 is 1.59. The van der Waals surface area contributed by atoms with Crippen LogP contribution in [0.3, 0.4) is 0 Å². The van der Waals surface area contributed by atoms with Crippen molar-refractivity contribution in [1.82, 2.24) is 15.1 Å². The van der Waals surface area contributed by atoms with Crippen molar-refractivity contribution < 1.29 is 9.21 Å². The number of thiophene rings is 1. The van der Waals surface area contributed by atoms with Gasteiger partial charge in [-0.3, -0.25) is 9.48 Å². The molecule has 6 heteroatoms. The number of hydrogen-bond donors (Lipinski definition) is 1. The summed E-state index contributed by atoms with van der Waals surface area (Å²) in [6.07, 6.45) is 8.50. The van der Waals surface area contributed by atoms with Crippen LogP contribution >= 0.6 is 11.3 Å². The standard InChI is InChI=1S/C16H15N3O2S/c20-16(7-6-13-4-2-11-22-13)17-12-14(15-5-1-10-21-15)19-9-3-8-18-19/h1-11,14H,12H2,(H,17,20)/b7-6+/t14-/m1/s1. The minimum atomic E-state index is -0.163. The average molecular weight is 313 g/mol. The van der Waals surface area contributed by atoms with Crippen molar-refractivity contribution in [1.29, 1.82) is 0 Å². The van der Waals surface area contributed by atoms with Crippen molar-refractivity contribution >= 4 is 23.3 Å². The molecule has 0 saturated heterocycles. The van der Waals surface area contributed by atoms with E-state index < -0.39 is 0 Å². The summed E-state index contributed by atoms with van der Waals surface area (Å²) < 4.78 is 7.21. The number of carbonyl (C=O) groups excluding carboxylic acids is 1. The average Bonchev–Trinajstić information content (AvgIpc) is 3.27. The van der Waals surface area contributed by atoms with Gasteiger partial charge in [0.05, 0.1) is 6.26 Å². The fourth-order valence-electron chi connectivity index (χ4n) is 2.07. The Kier molecular flexibility index (Phi) is 4.50. The van der Waals surface area contributed by atoms with E-state index in [4.69, 9.17) is 4.42 Å². The van der Waals surface area contributed by atoms with E-state index in [9.17, 15) is 4.79 Å². The lowest BCUT2D eigenvalue weighted by atomic mass is 10.2. The highest BCUT2D eigenvalue weighted by Crippen LogP contribution is 2.17. The number of rotatable bonds is 6. The van der Waals surface area contributed by atoms with Crippen LogP contribution in [0.1, 0.15) is 16.7 Å². The molecule has 0 aliphatic rings. The molecule has 0 aromatic carbocycles. The van der Waals surface area contributed by atoms with Gasteiger partial charge in [0.1, 0.15) is 11.8 Å². The van der Waals surface area contributed by atoms with Crippen LogP contribution in [0.4, 0.5) is 0 Å². The zero-order valence-corrected chi connectivity index (χ0v) is 12.6. The highest BCUT2D eigenvalue weighted by molar-refractivity contribution is 7.10. The Hall–Kier alpha value is -2.60. The van der Waals surface area contributed by atoms with Gasteiger partial charge in [-0.25, -0.2) is 0 Å². The van der Waals surface area contributed by atoms with Gasteiger partial charge >= 0.3 is 0 Å². The van der Waals surface area contributed by atoms with Gasteiger partial charge in [-0.1, -0.05) is 6.07 Å². The number of amides is 1. The predicted octanol–water partition coefficient (Wildman–Crippen LogP) is 2.96. The summed E-state index contributed by atoms with van der Waals surface area (Å²) in [5.41, 5.74) is 0. The summed E-state index contributed by atoms with van der Waals surface area (Å²) in [6, 6.07) is 9.29. The van der Waals surface area contributed by atoms with Crippen molar-refractivity contribution in [2.24, 2.45) is 0 Å². The van der Waals surface area contributed by atoms with Gasteiger partial charge in [-0.2, -0.15) is 5.10 Å². The van der Waals surface area contributed by atoms with E-state index in [0.717, 1.165) is 10.6 Å². The Labute approximate surface area is 131 Å². The first-order chi connectivity index (χ1) is 10.8. The molecule has 0 radical (unpaired) electrons. The minimum absolute atomic E-state index is 0.142. The van der Waals surface area contributed by atoms with Crippen molar-refractivity contribution in [3.05, 3.63) is 71.1 Å². The molecule has 3 rings (SSSR count). The quantitative estimate of drug-likeness (QED) is 0.712. The lowest BCUT2D eigenvalue weighted by Gasteiger charge is -2.15. The van der Waals surface area contributed by atoms with Crippen LogP contribution in [0.25, 0.3) is 6.08 Å². The van der Waals surface area contributed by atoms with Gasteiger partial charge in [0.2, 0.25) is 5.91 Å². The molecule has 0 saturated carbocycles. The zero-order valence-electron chi connectivity index (χ0n) is 11.8. The number of nitrogens with one attached hydrogen (secondary N) is 1. The van der Waals surface area contributed by atoms with Crippen LogP contribution in [0.2, 0.25) is 0 Å². The smallest absolute Gasteiger partial charge is 0.244 e. The molecule has 0 unspecified atom stereocenters. The number of nitrogens with zero attached hydrogens (tertiary/aromatic N) is 2. The Bertz CT molecular complexity index is 681. The van der Waals surface area contributed by atoms with E-state index in [1.165, 1.54) is 6.08 Å². The van der Waals surface area contributed by atoms with E-state index in [0.29, 0.717) is 6.54 Å². The maximum Gasteiger partial charge on any atom is 0.244 e. The number of carbonyl (C=O) groups is 1. The first-order valence-electron chi connectivity index (χ1n) is 6.85. The van der Waals surface area contributed by atoms with Crippen molar-refractivity contribution in [2.75, 3.05) is 6.54 Å². The Morgan fingerprint density at radius 2 is 2.36 bits per heavy atom. The third-order valence-corrected chi connectivity index (χ3v) is 3.97. The van der Waals surface area contributed by atoms with Gasteiger partial charge in [0.25, 0.3) is 0 Å². The molecule has 5 nitrogen and oxygen atoms in total. The number of aromatic nitrogens is 2. The Balaban J connectivity index is 1.63. The topological polar surface area (TPSA) is 60.1 Å². The van der Waals surface area contributed by atoms with E-state index in [1.807, 2.05) is 41.9 Å². The summed E-state index contributed by atoms with van der Waals surface area (Å²) in [4.78, 5) is 13.0. The van der Waals surface area contributed by atoms with Crippen LogP contribution in [0, 0.1) is 0 Å². The maximum atomic E-state index is 11.9. The fraction of sp³-hybridized carbons (Fsp3) is 0.125. The summed E-state index contributed by atoms with van der Waals surface area (Å²) in [5, 5.41) is 9.08. The molecular weight excluding hydrogens is 298 g/mol. The maximum absolute atomic E-state index is 11.9. The lowest BCUT2D eigenvalue weighted by molar-refractivity contribution is -0.116. The highest BCUT2D eigenvalue weighted by atomic mass is 32.1. The van der Waals surface area contributed by atoms with Crippen molar-refractivity contribution in [2.45, 2.75) is 6.04 Å². The molecule has 22 heavy (non-hydrogen) atoms. The molecule has 0 aliphatic heterocycles. The minimum Gasteiger partial charge on any atom is -0.467 e. The highest BCUT2D eigenvalue weighted by Gasteiger charge is 2.17. The molecule has 0 fully saturated rings. The molecule has 3 heterocycles. The monoisotopic (exact) mass is 313 g/mol. The van der Waals surface area contributed by atoms with Gasteiger partial charge in [-0.05, 0) is 35.7 Å². The summed E-state index contributed by atoms with van der Waals surface area (Å²) in [5.74, 6) is 0.614. The zero-order chi connectivity index (χ0) is 15.2. The third kappa shape index (κ3) is 3.53. The molecule has 1 atom stereocenters. The largest absolute Gasteiger partial charge is 0.467 e. The van der Waals surface area contributed by atoms with Crippen LogP contribution in [0.15, 0.2) is 64.9 Å². The predicted molar refractivity (Wildman–Crippen MR) is 85.4 cm³/mol. The Morgan fingerprint density at radius 1 is 1.41 bits per heavy atom. The van der Waals surface area contributed by atoms with Crippen molar-refractivity contribution in [3.63, 3.8) is 0 Å². The first kappa shape index (κ1) is 14.3. The number of furan rings is 1. The molecular formula is C16H15N3O2S. The second-order valence-electron chi connectivity index (χ2n) is 4.61. The van der Waals surface area contributed by atoms with E-state index in [1.54, 1.807) is 34.6 Å². The van der Waals surface area contributed by atoms with E-state index in [-0.39, 0.29) is 11.9 Å². The molecule has 1 amide bonds. The SMILES string of the molecule is O=C(/C=C/c1cccs1)NC[C@H](c1ccco1)n1cccn1. The van der Waals surface area contributed by atoms with E-state index >= 15 is 0 Å². The lowest BCUT2D eigenvalue weighted by Crippen LogP contribution is -2.30. The summed E-state index contributed by atoms with van der Waals surface area (Å²) in [7, 11) is 0. The Morgan fingerprint density at radius 3 is 3.05 bits per heavy atom. The molecule has 1 N–H and O–H groups in total. The second-order valence-corrected chi connectivity index (χ2v) is 5.59. The fourth-order valence-corrected chi connectivity index (χ4v) is 2.69. The summed E-state index contributed by atoms with van der Waals surface area (Å²) in [6.45, 7) is 0.406. The number of hydrogen-bond acceptors (Lipinski definition) is 4. The molecule has 112 valence electrons. The van der Waals surface area contributed by atoms with Gasteiger partial charge in [0.15, 0.2) is 0 Å². The van der Waals surface area contributed by atoms with Crippen LogP contribution < -0.4 is 5.32 Å². The van der Waals surface area contributed by atoms with Crippen LogP contribution in [0.5, 0.6) is 0 Å². The van der Waals surface area contributed by atoms with Crippen LogP contribution in [-0.4, -0.2) is 22.2 Å². The molecule has 0 spiro atoms. The van der Waals surface area contributed by atoms with Crippen LogP contribution in [-0.2, 0) is 4.79 Å². The third-order valence-electron chi connectivity index (χ3n) is 3.13. The normalized spacial score (nSPS) is 12.5.